The van der Waals surface area contributed by atoms with E-state index in [4.69, 9.17) is 18.6 Å². The van der Waals surface area contributed by atoms with Gasteiger partial charge in [0, 0.05) is 11.6 Å². The van der Waals surface area contributed by atoms with E-state index in [9.17, 15) is 9.59 Å². The number of rotatable bonds is 5. The third kappa shape index (κ3) is 4.07. The Kier molecular flexibility index (Phi) is 5.77. The van der Waals surface area contributed by atoms with Crippen molar-refractivity contribution in [1.82, 2.24) is 4.57 Å². The fourth-order valence-corrected chi connectivity index (χ4v) is 5.53. The molecule has 37 heavy (non-hydrogen) atoms. The van der Waals surface area contributed by atoms with Crippen molar-refractivity contribution in [3.63, 3.8) is 0 Å². The van der Waals surface area contributed by atoms with Crippen molar-refractivity contribution >= 4 is 23.4 Å². The van der Waals surface area contributed by atoms with Gasteiger partial charge in [0.1, 0.15) is 11.5 Å². The molecule has 0 saturated carbocycles. The molecule has 2 aliphatic heterocycles. The molecule has 0 bridgehead atoms. The average molecular weight is 515 g/mol. The van der Waals surface area contributed by atoms with Gasteiger partial charge in [-0.05, 0) is 43.7 Å². The Morgan fingerprint density at radius 1 is 1.14 bits per heavy atom. The number of allylic oxidation sites excluding steroid dienone is 1. The summed E-state index contributed by atoms with van der Waals surface area (Å²) in [4.78, 5) is 31.9. The van der Waals surface area contributed by atoms with Gasteiger partial charge in [-0.2, -0.15) is 0 Å². The molecular weight excluding hydrogens is 492 g/mol. The minimum Gasteiger partial charge on any atom is -0.463 e. The van der Waals surface area contributed by atoms with Crippen molar-refractivity contribution in [3.8, 4) is 22.8 Å². The SMILES string of the molecule is CCOC(=O)C1=C(C)N=c2s/c(=C\c3ccc(-c4ccccc4)o3)c(=O)n2C1c1ccc2c(c1)OCO2. The van der Waals surface area contributed by atoms with Gasteiger partial charge >= 0.3 is 5.97 Å². The number of thiazole rings is 1. The minimum atomic E-state index is -0.733. The topological polar surface area (TPSA) is 92.3 Å². The zero-order valence-corrected chi connectivity index (χ0v) is 20.9. The lowest BCUT2D eigenvalue weighted by Gasteiger charge is -2.24. The molecule has 9 heteroatoms. The molecule has 0 N–H and O–H groups in total. The molecule has 0 amide bonds. The van der Waals surface area contributed by atoms with Gasteiger partial charge < -0.3 is 18.6 Å². The highest BCUT2D eigenvalue weighted by atomic mass is 32.1. The van der Waals surface area contributed by atoms with Gasteiger partial charge in [0.15, 0.2) is 16.3 Å². The number of benzene rings is 2. The molecule has 2 aromatic heterocycles. The van der Waals surface area contributed by atoms with Crippen molar-refractivity contribution in [3.05, 3.63) is 103 Å². The minimum absolute atomic E-state index is 0.120. The number of nitrogens with zero attached hydrogens (tertiary/aromatic N) is 2. The van der Waals surface area contributed by atoms with Gasteiger partial charge in [0.2, 0.25) is 6.79 Å². The number of furan rings is 1. The zero-order chi connectivity index (χ0) is 25.5. The van der Waals surface area contributed by atoms with Gasteiger partial charge in [-0.1, -0.05) is 47.7 Å². The zero-order valence-electron chi connectivity index (χ0n) is 20.1. The molecule has 2 aromatic carbocycles. The van der Waals surface area contributed by atoms with Gasteiger partial charge in [0.25, 0.3) is 5.56 Å². The monoisotopic (exact) mass is 514 g/mol. The van der Waals surface area contributed by atoms with Crippen LogP contribution in [0.1, 0.15) is 31.2 Å². The molecule has 0 fully saturated rings. The molecular formula is C28H22N2O6S. The summed E-state index contributed by atoms with van der Waals surface area (Å²) in [6.45, 7) is 3.82. The van der Waals surface area contributed by atoms with Crippen molar-refractivity contribution in [2.45, 2.75) is 19.9 Å². The predicted molar refractivity (Wildman–Crippen MR) is 137 cm³/mol. The quantitative estimate of drug-likeness (QED) is 0.377. The maximum Gasteiger partial charge on any atom is 0.338 e. The Morgan fingerprint density at radius 3 is 2.76 bits per heavy atom. The summed E-state index contributed by atoms with van der Waals surface area (Å²) in [5.74, 6) is 1.91. The Bertz CT molecular complexity index is 1730. The number of ether oxygens (including phenoxy) is 3. The molecule has 1 unspecified atom stereocenters. The second kappa shape index (κ2) is 9.25. The molecule has 186 valence electrons. The van der Waals surface area contributed by atoms with E-state index >= 15 is 0 Å². The van der Waals surface area contributed by atoms with Crippen LogP contribution in [0.2, 0.25) is 0 Å². The van der Waals surface area contributed by atoms with Gasteiger partial charge in [-0.25, -0.2) is 9.79 Å². The van der Waals surface area contributed by atoms with Crippen LogP contribution in [-0.2, 0) is 9.53 Å². The second-order valence-corrected chi connectivity index (χ2v) is 9.49. The van der Waals surface area contributed by atoms with E-state index in [1.54, 1.807) is 32.1 Å². The Labute approximate surface area is 215 Å². The number of hydrogen-bond donors (Lipinski definition) is 0. The third-order valence-electron chi connectivity index (χ3n) is 6.19. The van der Waals surface area contributed by atoms with Crippen molar-refractivity contribution in [2.75, 3.05) is 13.4 Å². The lowest BCUT2D eigenvalue weighted by atomic mass is 9.95. The van der Waals surface area contributed by atoms with E-state index in [2.05, 4.69) is 4.99 Å². The Morgan fingerprint density at radius 2 is 1.95 bits per heavy atom. The molecule has 4 heterocycles. The van der Waals surface area contributed by atoms with Crippen LogP contribution in [0.5, 0.6) is 11.5 Å². The first-order valence-corrected chi connectivity index (χ1v) is 12.6. The summed E-state index contributed by atoms with van der Waals surface area (Å²) in [6.07, 6.45) is 1.70. The first-order chi connectivity index (χ1) is 18.0. The van der Waals surface area contributed by atoms with Crippen LogP contribution in [0.3, 0.4) is 0 Å². The van der Waals surface area contributed by atoms with Crippen LogP contribution >= 0.6 is 11.3 Å². The highest BCUT2D eigenvalue weighted by Gasteiger charge is 2.34. The first kappa shape index (κ1) is 23.1. The molecule has 8 nitrogen and oxygen atoms in total. The van der Waals surface area contributed by atoms with Gasteiger partial charge in [0.05, 0.1) is 28.5 Å². The van der Waals surface area contributed by atoms with Crippen LogP contribution in [0, 0.1) is 0 Å². The number of esters is 1. The molecule has 0 aliphatic carbocycles. The maximum atomic E-state index is 13.8. The van der Waals surface area contributed by atoms with Crippen LogP contribution in [0.15, 0.2) is 86.1 Å². The number of aromatic nitrogens is 1. The lowest BCUT2D eigenvalue weighted by Crippen LogP contribution is -2.39. The van der Waals surface area contributed by atoms with Gasteiger partial charge in [-0.3, -0.25) is 9.36 Å². The Hall–Kier alpha value is -4.37. The van der Waals surface area contributed by atoms with E-state index in [1.807, 2.05) is 48.5 Å². The van der Waals surface area contributed by atoms with Crippen LogP contribution in [0.25, 0.3) is 17.4 Å². The van der Waals surface area contributed by atoms with E-state index in [0.29, 0.717) is 49.2 Å². The van der Waals surface area contributed by atoms with Crippen LogP contribution in [0.4, 0.5) is 0 Å². The summed E-state index contributed by atoms with van der Waals surface area (Å²) >= 11 is 1.24. The highest BCUT2D eigenvalue weighted by molar-refractivity contribution is 7.07. The first-order valence-electron chi connectivity index (χ1n) is 11.8. The maximum absolute atomic E-state index is 13.8. The number of carbonyl (C=O) groups excluding carboxylic acids is 1. The normalized spacial score (nSPS) is 16.5. The van der Waals surface area contributed by atoms with E-state index in [0.717, 1.165) is 5.56 Å². The number of hydrogen-bond acceptors (Lipinski definition) is 8. The van der Waals surface area contributed by atoms with Gasteiger partial charge in [-0.15, -0.1) is 0 Å². The molecule has 0 radical (unpaired) electrons. The highest BCUT2D eigenvalue weighted by Crippen LogP contribution is 2.38. The summed E-state index contributed by atoms with van der Waals surface area (Å²) in [5.41, 5.74) is 2.17. The Balaban J connectivity index is 1.49. The van der Waals surface area contributed by atoms with Crippen LogP contribution < -0.4 is 24.4 Å². The van der Waals surface area contributed by atoms with E-state index in [1.165, 1.54) is 15.9 Å². The molecule has 1 atom stereocenters. The van der Waals surface area contributed by atoms with Crippen molar-refractivity contribution < 1.29 is 23.4 Å². The summed E-state index contributed by atoms with van der Waals surface area (Å²) in [6, 6.07) is 18.1. The summed E-state index contributed by atoms with van der Waals surface area (Å²) < 4.78 is 24.3. The molecule has 0 saturated heterocycles. The average Bonchev–Trinajstić information content (AvgIpc) is 3.63. The largest absolute Gasteiger partial charge is 0.463 e. The van der Waals surface area contributed by atoms with Crippen molar-refractivity contribution in [1.29, 1.82) is 0 Å². The standard InChI is InChI=1S/C28H22N2O6S/c1-3-33-27(32)24-16(2)29-28-30(25(24)18-9-11-21-22(13-18)35-15-34-21)26(31)23(37-28)14-19-10-12-20(36-19)17-7-5-4-6-8-17/h4-14,25H,3,15H2,1-2H3/b23-14-. The fraction of sp³-hybridized carbons (Fsp3) is 0.179. The van der Waals surface area contributed by atoms with E-state index < -0.39 is 12.0 Å². The molecule has 2 aliphatic rings. The molecule has 6 rings (SSSR count). The van der Waals surface area contributed by atoms with Crippen LogP contribution in [-0.4, -0.2) is 23.9 Å². The summed E-state index contributed by atoms with van der Waals surface area (Å²) in [7, 11) is 0. The lowest BCUT2D eigenvalue weighted by molar-refractivity contribution is -0.139. The smallest absolute Gasteiger partial charge is 0.338 e. The summed E-state index contributed by atoms with van der Waals surface area (Å²) in [5, 5.41) is 0. The predicted octanol–water partition coefficient (Wildman–Crippen LogP) is 3.79. The van der Waals surface area contributed by atoms with Crippen molar-refractivity contribution in [2.24, 2.45) is 4.99 Å². The molecule has 0 spiro atoms. The molecule has 4 aromatic rings. The number of carbonyl (C=O) groups is 1. The van der Waals surface area contributed by atoms with E-state index in [-0.39, 0.29) is 19.0 Å². The third-order valence-corrected chi connectivity index (χ3v) is 7.17. The second-order valence-electron chi connectivity index (χ2n) is 8.48. The fourth-order valence-electron chi connectivity index (χ4n) is 4.51. The number of fused-ring (bicyclic) bond motifs is 2.